The van der Waals surface area contributed by atoms with Crippen LogP contribution >= 0.6 is 0 Å². The minimum absolute atomic E-state index is 0. The van der Waals surface area contributed by atoms with Gasteiger partial charge < -0.3 is 18.6 Å². The molecular formula is C30H35KN3O9S3-. The molecule has 2 aliphatic rings. The fourth-order valence-corrected chi connectivity index (χ4v) is 7.16. The van der Waals surface area contributed by atoms with E-state index < -0.39 is 52.7 Å². The third-order valence-electron chi connectivity index (χ3n) is 8.03. The van der Waals surface area contributed by atoms with Crippen LogP contribution < -0.4 is 60.9 Å². The molecule has 0 N–H and O–H groups in total. The van der Waals surface area contributed by atoms with Crippen LogP contribution in [0.15, 0.2) is 82.5 Å². The second kappa shape index (κ2) is 14.5. The summed E-state index contributed by atoms with van der Waals surface area (Å²) in [5.41, 5.74) is 2.45. The first-order valence-corrected chi connectivity index (χ1v) is 18.7. The Bertz CT molecular complexity index is 1950. The van der Waals surface area contributed by atoms with Crippen LogP contribution in [-0.2, 0) is 47.7 Å². The number of allylic oxidation sites excluding steroid dienone is 6. The molecule has 0 unspecified atom stereocenters. The summed E-state index contributed by atoms with van der Waals surface area (Å²) in [7, 11) is -13.4. The molecule has 244 valence electrons. The van der Waals surface area contributed by atoms with Crippen molar-refractivity contribution in [3.63, 3.8) is 0 Å². The van der Waals surface area contributed by atoms with Gasteiger partial charge in [-0.05, 0) is 79.7 Å². The fourth-order valence-electron chi connectivity index (χ4n) is 5.69. The topological polar surface area (TPSA) is 191 Å². The predicted octanol–water partition coefficient (Wildman–Crippen LogP) is -0.0894. The van der Waals surface area contributed by atoms with Crippen LogP contribution in [0.5, 0.6) is 0 Å². The molecule has 0 fully saturated rings. The van der Waals surface area contributed by atoms with Crippen LogP contribution in [0.4, 0.5) is 11.5 Å². The van der Waals surface area contributed by atoms with Crippen molar-refractivity contribution < 1.29 is 94.9 Å². The van der Waals surface area contributed by atoms with Gasteiger partial charge in [-0.2, -0.15) is 0 Å². The smallest absolute Gasteiger partial charge is 0.748 e. The summed E-state index contributed by atoms with van der Waals surface area (Å²) in [5.74, 6) is -0.326. The van der Waals surface area contributed by atoms with Crippen molar-refractivity contribution in [3.05, 3.63) is 83.7 Å². The minimum Gasteiger partial charge on any atom is -0.748 e. The number of fused-ring (bicyclic) bond motifs is 2. The molecule has 0 amide bonds. The standard InChI is InChI=1S/C30H37N3O9S3.K/c1-29(2)23-11-8-16-32(17-9-19-43(34,35)36)28(23)31-26(29)12-6-5-7-13-27-30(3,4)24-21-22(45(40,41)42)14-15-25(24)33(27)18-10-20-44(37,38)39;/h5-8,11-16,21H,9-10,17-20H2,1-4H3,(H2-,34,35,36,37,38,39,40,41,42);/q;+1/p-2. The first-order chi connectivity index (χ1) is 20.7. The van der Waals surface area contributed by atoms with Gasteiger partial charge in [0.05, 0.1) is 48.9 Å². The van der Waals surface area contributed by atoms with Crippen molar-refractivity contribution in [2.75, 3.05) is 23.0 Å². The Balaban J connectivity index is 0.00000576. The average Bonchev–Trinajstić information content (AvgIpc) is 3.28. The number of hydrogen-bond donors (Lipinski definition) is 0. The summed E-state index contributed by atoms with van der Waals surface area (Å²) in [6.07, 6.45) is 11.1. The van der Waals surface area contributed by atoms with Gasteiger partial charge in [-0.25, -0.2) is 29.8 Å². The van der Waals surface area contributed by atoms with Crippen LogP contribution in [0, 0.1) is 0 Å². The number of rotatable bonds is 12. The van der Waals surface area contributed by atoms with Crippen molar-refractivity contribution in [1.82, 2.24) is 0 Å². The number of aromatic nitrogens is 1. The van der Waals surface area contributed by atoms with Gasteiger partial charge in [0, 0.05) is 34.8 Å². The Morgan fingerprint density at radius 1 is 0.848 bits per heavy atom. The van der Waals surface area contributed by atoms with E-state index in [1.54, 1.807) is 18.3 Å². The van der Waals surface area contributed by atoms with Gasteiger partial charge in [0.25, 0.3) is 0 Å². The van der Waals surface area contributed by atoms with E-state index in [0.29, 0.717) is 23.6 Å². The Morgan fingerprint density at radius 2 is 1.50 bits per heavy atom. The van der Waals surface area contributed by atoms with Crippen molar-refractivity contribution in [2.24, 2.45) is 4.99 Å². The van der Waals surface area contributed by atoms with Crippen LogP contribution in [0.1, 0.15) is 51.7 Å². The van der Waals surface area contributed by atoms with Gasteiger partial charge in [0.15, 0.2) is 5.71 Å². The number of anilines is 1. The predicted molar refractivity (Wildman–Crippen MR) is 166 cm³/mol. The molecule has 0 saturated heterocycles. The summed E-state index contributed by atoms with van der Waals surface area (Å²) in [5, 5.41) is 0. The monoisotopic (exact) mass is 716 g/mol. The number of pyridine rings is 1. The van der Waals surface area contributed by atoms with Crippen molar-refractivity contribution in [3.8, 4) is 0 Å². The van der Waals surface area contributed by atoms with E-state index in [0.717, 1.165) is 17.0 Å². The van der Waals surface area contributed by atoms with Crippen LogP contribution in [0.3, 0.4) is 0 Å². The Hall–Kier alpha value is -1.57. The van der Waals surface area contributed by atoms with Crippen molar-refractivity contribution in [2.45, 2.75) is 62.8 Å². The molecule has 0 saturated carbocycles. The van der Waals surface area contributed by atoms with Crippen LogP contribution in [0.25, 0.3) is 0 Å². The number of aryl methyl sites for hydroxylation is 1. The Morgan fingerprint density at radius 3 is 2.13 bits per heavy atom. The third-order valence-corrected chi connectivity index (χ3v) is 10.4. The zero-order valence-corrected chi connectivity index (χ0v) is 31.9. The second-order valence-corrected chi connectivity index (χ2v) is 16.4. The zero-order valence-electron chi connectivity index (χ0n) is 26.3. The average molecular weight is 717 g/mol. The first-order valence-electron chi connectivity index (χ1n) is 14.1. The molecule has 0 atom stereocenters. The summed E-state index contributed by atoms with van der Waals surface area (Å²) in [4.78, 5) is 6.26. The van der Waals surface area contributed by atoms with Gasteiger partial charge in [-0.3, -0.25) is 0 Å². The largest absolute Gasteiger partial charge is 1.00 e. The molecule has 0 radical (unpaired) electrons. The zero-order chi connectivity index (χ0) is 33.4. The third kappa shape index (κ3) is 9.10. The molecule has 46 heavy (non-hydrogen) atoms. The normalized spacial score (nSPS) is 18.2. The maximum atomic E-state index is 11.7. The number of aliphatic imine (C=N–C) groups is 1. The van der Waals surface area contributed by atoms with Gasteiger partial charge >= 0.3 is 57.2 Å². The molecule has 16 heteroatoms. The molecule has 0 bridgehead atoms. The molecule has 3 heterocycles. The maximum Gasteiger partial charge on any atom is 1.00 e. The van der Waals surface area contributed by atoms with E-state index in [-0.39, 0.29) is 75.7 Å². The molecule has 2 aromatic rings. The number of benzene rings is 1. The molecule has 2 aliphatic heterocycles. The van der Waals surface area contributed by atoms with Gasteiger partial charge in [-0.1, -0.05) is 32.1 Å². The molecule has 12 nitrogen and oxygen atoms in total. The summed E-state index contributed by atoms with van der Waals surface area (Å²) in [6, 6.07) is 7.88. The molecule has 1 aromatic carbocycles. The summed E-state index contributed by atoms with van der Waals surface area (Å²) < 4.78 is 104. The van der Waals surface area contributed by atoms with Crippen molar-refractivity contribution in [1.29, 1.82) is 0 Å². The van der Waals surface area contributed by atoms with Crippen LogP contribution in [0.2, 0.25) is 0 Å². The van der Waals surface area contributed by atoms with E-state index >= 15 is 0 Å². The van der Waals surface area contributed by atoms with Crippen LogP contribution in [-0.4, -0.2) is 62.7 Å². The van der Waals surface area contributed by atoms with Gasteiger partial charge in [0.1, 0.15) is 10.1 Å². The fraction of sp³-hybridized carbons (Fsp3) is 0.400. The molecule has 4 rings (SSSR count). The van der Waals surface area contributed by atoms with E-state index in [1.807, 2.05) is 67.5 Å². The minimum atomic E-state index is -4.70. The Labute approximate surface area is 313 Å². The second-order valence-electron chi connectivity index (χ2n) is 12.0. The number of hydrogen-bond acceptors (Lipinski definition) is 11. The van der Waals surface area contributed by atoms with E-state index in [9.17, 15) is 38.9 Å². The summed E-state index contributed by atoms with van der Waals surface area (Å²) >= 11 is 0. The van der Waals surface area contributed by atoms with Gasteiger partial charge in [0.2, 0.25) is 0 Å². The van der Waals surface area contributed by atoms with E-state index in [1.165, 1.54) is 18.2 Å². The SMILES string of the molecule is CC1(C)C(/C=C/C=C/C=C2\N(CCCS(=O)(=O)[O-])c3ccc(S(=O)(=O)[O-])cc3C2(C)C)=Nc2c1ccc[n+]2CCCS(=O)(=O)[O-].[K+]. The quantitative estimate of drug-likeness (QED) is 0.124. The molecular weight excluding hydrogens is 682 g/mol. The van der Waals surface area contributed by atoms with E-state index in [2.05, 4.69) is 0 Å². The summed E-state index contributed by atoms with van der Waals surface area (Å²) in [6.45, 7) is 8.28. The molecule has 0 spiro atoms. The number of nitrogens with zero attached hydrogens (tertiary/aromatic N) is 3. The maximum absolute atomic E-state index is 11.7. The molecule has 0 aliphatic carbocycles. The molecule has 1 aromatic heterocycles. The van der Waals surface area contributed by atoms with E-state index in [4.69, 9.17) is 4.99 Å². The first kappa shape index (κ1) is 38.9. The Kier molecular flexibility index (Phi) is 12.3. The van der Waals surface area contributed by atoms with Gasteiger partial charge in [-0.15, -0.1) is 0 Å². The van der Waals surface area contributed by atoms with Crippen molar-refractivity contribution >= 4 is 47.6 Å².